The molecule has 4 nitrogen and oxygen atoms in total. The first kappa shape index (κ1) is 10.3. The minimum atomic E-state index is -0.225. The molecule has 5 heteroatoms. The van der Waals surface area contributed by atoms with Crippen molar-refractivity contribution in [1.29, 1.82) is 0 Å². The molecule has 74 valence electrons. The summed E-state index contributed by atoms with van der Waals surface area (Å²) in [5, 5.41) is 3.61. The van der Waals surface area contributed by atoms with E-state index in [4.69, 9.17) is 16.1 Å². The molecule has 0 aliphatic rings. The van der Waals surface area contributed by atoms with Gasteiger partial charge in [0.05, 0.1) is 0 Å². The van der Waals surface area contributed by atoms with Crippen LogP contribution in [0.1, 0.15) is 32.0 Å². The summed E-state index contributed by atoms with van der Waals surface area (Å²) in [7, 11) is 0. The van der Waals surface area contributed by atoms with Gasteiger partial charge in [-0.2, -0.15) is 4.98 Å². The van der Waals surface area contributed by atoms with E-state index in [-0.39, 0.29) is 5.38 Å². The standard InChI is InChI=1S/C8H14ClN3O/c1-4-12(5-2)8-10-7(6(3)9)13-11-8/h6H,4-5H2,1-3H3. The molecule has 0 radical (unpaired) electrons. The van der Waals surface area contributed by atoms with Gasteiger partial charge in [0.25, 0.3) is 5.95 Å². The zero-order valence-corrected chi connectivity index (χ0v) is 8.88. The van der Waals surface area contributed by atoms with Gasteiger partial charge in [-0.1, -0.05) is 0 Å². The molecule has 0 aliphatic carbocycles. The van der Waals surface area contributed by atoms with Gasteiger partial charge in [0, 0.05) is 13.1 Å². The quantitative estimate of drug-likeness (QED) is 0.704. The number of anilines is 1. The van der Waals surface area contributed by atoms with Crippen LogP contribution in [0.3, 0.4) is 0 Å². The molecule has 1 heterocycles. The second kappa shape index (κ2) is 4.46. The predicted molar refractivity (Wildman–Crippen MR) is 52.1 cm³/mol. The van der Waals surface area contributed by atoms with Crippen molar-refractivity contribution in [3.05, 3.63) is 5.89 Å². The molecule has 0 aromatic carbocycles. The van der Waals surface area contributed by atoms with Gasteiger partial charge < -0.3 is 9.42 Å². The van der Waals surface area contributed by atoms with Gasteiger partial charge in [0.15, 0.2) is 0 Å². The average Bonchev–Trinajstić information content (AvgIpc) is 2.56. The van der Waals surface area contributed by atoms with Gasteiger partial charge >= 0.3 is 0 Å². The number of alkyl halides is 1. The van der Waals surface area contributed by atoms with Crippen LogP contribution < -0.4 is 4.90 Å². The zero-order valence-electron chi connectivity index (χ0n) is 8.12. The summed E-state index contributed by atoms with van der Waals surface area (Å²) >= 11 is 5.79. The lowest BCUT2D eigenvalue weighted by molar-refractivity contribution is 0.378. The largest absolute Gasteiger partial charge is 0.339 e. The zero-order chi connectivity index (χ0) is 9.84. The van der Waals surface area contributed by atoms with Crippen LogP contribution in [0.5, 0.6) is 0 Å². The number of halogens is 1. The molecular weight excluding hydrogens is 190 g/mol. The van der Waals surface area contributed by atoms with Crippen molar-refractivity contribution in [2.45, 2.75) is 26.1 Å². The van der Waals surface area contributed by atoms with Gasteiger partial charge in [-0.3, -0.25) is 0 Å². The van der Waals surface area contributed by atoms with E-state index in [2.05, 4.69) is 10.1 Å². The Balaban J connectivity index is 2.78. The molecule has 0 saturated heterocycles. The highest BCUT2D eigenvalue weighted by Crippen LogP contribution is 2.19. The van der Waals surface area contributed by atoms with Crippen molar-refractivity contribution >= 4 is 17.5 Å². The SMILES string of the molecule is CCN(CC)c1noc(C(C)Cl)n1. The highest BCUT2D eigenvalue weighted by Gasteiger charge is 2.14. The van der Waals surface area contributed by atoms with Crippen molar-refractivity contribution in [2.75, 3.05) is 18.0 Å². The Morgan fingerprint density at radius 2 is 2.08 bits per heavy atom. The molecule has 0 N–H and O–H groups in total. The van der Waals surface area contributed by atoms with Gasteiger partial charge in [0.2, 0.25) is 5.89 Å². The van der Waals surface area contributed by atoms with E-state index in [0.717, 1.165) is 13.1 Å². The molecule has 0 fully saturated rings. The Morgan fingerprint density at radius 3 is 2.46 bits per heavy atom. The van der Waals surface area contributed by atoms with Crippen molar-refractivity contribution in [3.63, 3.8) is 0 Å². The van der Waals surface area contributed by atoms with E-state index in [1.807, 2.05) is 18.7 Å². The molecule has 0 bridgehead atoms. The van der Waals surface area contributed by atoms with Crippen molar-refractivity contribution in [3.8, 4) is 0 Å². The second-order valence-corrected chi connectivity index (χ2v) is 3.38. The fraction of sp³-hybridized carbons (Fsp3) is 0.750. The number of hydrogen-bond donors (Lipinski definition) is 0. The summed E-state index contributed by atoms with van der Waals surface area (Å²) in [6.07, 6.45) is 0. The Hall–Kier alpha value is -0.770. The fourth-order valence-electron chi connectivity index (χ4n) is 1.02. The Kier molecular flexibility index (Phi) is 3.54. The van der Waals surface area contributed by atoms with E-state index in [9.17, 15) is 0 Å². The van der Waals surface area contributed by atoms with E-state index in [1.54, 1.807) is 6.92 Å². The maximum atomic E-state index is 5.79. The Morgan fingerprint density at radius 1 is 1.46 bits per heavy atom. The first-order chi connectivity index (χ1) is 6.19. The van der Waals surface area contributed by atoms with Gasteiger partial charge in [-0.25, -0.2) is 0 Å². The van der Waals surface area contributed by atoms with Crippen LogP contribution in [0.25, 0.3) is 0 Å². The van der Waals surface area contributed by atoms with Crippen LogP contribution in [-0.4, -0.2) is 23.2 Å². The summed E-state index contributed by atoms with van der Waals surface area (Å²) in [6, 6.07) is 0. The molecule has 0 spiro atoms. The van der Waals surface area contributed by atoms with Crippen LogP contribution in [0.2, 0.25) is 0 Å². The maximum absolute atomic E-state index is 5.79. The lowest BCUT2D eigenvalue weighted by Gasteiger charge is -2.14. The molecule has 1 unspecified atom stereocenters. The van der Waals surface area contributed by atoms with Gasteiger partial charge in [-0.05, 0) is 25.9 Å². The normalized spacial score (nSPS) is 12.9. The summed E-state index contributed by atoms with van der Waals surface area (Å²) in [4.78, 5) is 6.17. The molecule has 13 heavy (non-hydrogen) atoms. The minimum Gasteiger partial charge on any atom is -0.339 e. The number of rotatable bonds is 4. The molecule has 0 amide bonds. The lowest BCUT2D eigenvalue weighted by Crippen LogP contribution is -2.22. The maximum Gasteiger partial charge on any atom is 0.266 e. The lowest BCUT2D eigenvalue weighted by atomic mass is 10.5. The highest BCUT2D eigenvalue weighted by atomic mass is 35.5. The molecular formula is C8H14ClN3O. The third-order valence-electron chi connectivity index (χ3n) is 1.82. The second-order valence-electron chi connectivity index (χ2n) is 2.72. The third-order valence-corrected chi connectivity index (χ3v) is 2.00. The van der Waals surface area contributed by atoms with Crippen molar-refractivity contribution in [1.82, 2.24) is 10.1 Å². The van der Waals surface area contributed by atoms with Crippen LogP contribution >= 0.6 is 11.6 Å². The van der Waals surface area contributed by atoms with E-state index in [0.29, 0.717) is 11.8 Å². The number of hydrogen-bond acceptors (Lipinski definition) is 4. The monoisotopic (exact) mass is 203 g/mol. The van der Waals surface area contributed by atoms with Crippen LogP contribution in [-0.2, 0) is 0 Å². The molecule has 1 aromatic heterocycles. The van der Waals surface area contributed by atoms with Gasteiger partial charge in [0.1, 0.15) is 5.38 Å². The van der Waals surface area contributed by atoms with Crippen molar-refractivity contribution in [2.24, 2.45) is 0 Å². The number of nitrogens with zero attached hydrogens (tertiary/aromatic N) is 3. The Labute approximate surface area is 82.9 Å². The molecule has 1 rings (SSSR count). The summed E-state index contributed by atoms with van der Waals surface area (Å²) in [5.41, 5.74) is 0. The van der Waals surface area contributed by atoms with Crippen LogP contribution in [0.4, 0.5) is 5.95 Å². The average molecular weight is 204 g/mol. The van der Waals surface area contributed by atoms with Crippen LogP contribution in [0.15, 0.2) is 4.52 Å². The minimum absolute atomic E-state index is 0.225. The molecule has 1 atom stereocenters. The van der Waals surface area contributed by atoms with Crippen molar-refractivity contribution < 1.29 is 4.52 Å². The predicted octanol–water partition coefficient (Wildman–Crippen LogP) is 2.22. The molecule has 0 saturated carbocycles. The topological polar surface area (TPSA) is 42.2 Å². The smallest absolute Gasteiger partial charge is 0.266 e. The molecule has 0 aliphatic heterocycles. The Bertz CT molecular complexity index is 258. The summed E-state index contributed by atoms with van der Waals surface area (Å²) in [6.45, 7) is 7.63. The van der Waals surface area contributed by atoms with E-state index >= 15 is 0 Å². The van der Waals surface area contributed by atoms with E-state index in [1.165, 1.54) is 0 Å². The third kappa shape index (κ3) is 2.34. The first-order valence-corrected chi connectivity index (χ1v) is 4.85. The highest BCUT2D eigenvalue weighted by molar-refractivity contribution is 6.20. The van der Waals surface area contributed by atoms with Crippen LogP contribution in [0, 0.1) is 0 Å². The number of aromatic nitrogens is 2. The van der Waals surface area contributed by atoms with E-state index < -0.39 is 0 Å². The molecule has 1 aromatic rings. The van der Waals surface area contributed by atoms with Gasteiger partial charge in [-0.15, -0.1) is 11.6 Å². The summed E-state index contributed by atoms with van der Waals surface area (Å²) in [5.74, 6) is 1.09. The first-order valence-electron chi connectivity index (χ1n) is 4.41. The summed E-state index contributed by atoms with van der Waals surface area (Å²) < 4.78 is 4.98. The fourth-order valence-corrected chi connectivity index (χ4v) is 1.11.